The van der Waals surface area contributed by atoms with E-state index in [0.29, 0.717) is 11.6 Å². The third-order valence-electron chi connectivity index (χ3n) is 13.0. The van der Waals surface area contributed by atoms with E-state index >= 15 is 0 Å². The summed E-state index contributed by atoms with van der Waals surface area (Å²) in [5, 5.41) is 1.22. The third kappa shape index (κ3) is 19.0. The summed E-state index contributed by atoms with van der Waals surface area (Å²) in [6, 6.07) is 80.4. The normalized spacial score (nSPS) is 10.2. The number of benzene rings is 6. The van der Waals surface area contributed by atoms with Crippen LogP contribution in [0.1, 0.15) is 34.6 Å². The summed E-state index contributed by atoms with van der Waals surface area (Å²) in [4.78, 5) is 59.4. The highest BCUT2D eigenvalue weighted by atomic mass is 15.1. The fraction of sp³-hybridized carbons (Fsp3) is 0.0811. The molecule has 16 nitrogen and oxygen atoms in total. The molecule has 8 heterocycles. The Bertz CT molecular complexity index is 3980. The van der Waals surface area contributed by atoms with Crippen LogP contribution in [-0.4, -0.2) is 69.8 Å². The van der Waals surface area contributed by atoms with Gasteiger partial charge in [0.05, 0.1) is 51.1 Å². The lowest BCUT2D eigenvalue weighted by molar-refractivity contribution is 1.00. The number of pyridine rings is 3. The highest BCUT2D eigenvalue weighted by Gasteiger charge is 2.10. The smallest absolute Gasteiger partial charge is 0.225 e. The Labute approximate surface area is 524 Å². The Morgan fingerprint density at radius 1 is 0.256 bits per heavy atom. The van der Waals surface area contributed by atoms with Crippen molar-refractivity contribution >= 4 is 22.8 Å². The van der Waals surface area contributed by atoms with Gasteiger partial charge < -0.3 is 11.5 Å². The number of nitrogen functional groups attached to an aromatic ring is 2. The van der Waals surface area contributed by atoms with Crippen molar-refractivity contribution in [2.24, 2.45) is 0 Å². The molecule has 8 aromatic heterocycles. The minimum Gasteiger partial charge on any atom is -0.368 e. The van der Waals surface area contributed by atoms with Crippen LogP contribution in [0.5, 0.6) is 0 Å². The first-order valence-corrected chi connectivity index (χ1v) is 28.9. The lowest BCUT2D eigenvalue weighted by atomic mass is 10.1. The molecule has 0 amide bonds. The molecule has 0 aliphatic heterocycles. The molecule has 0 aliphatic rings. The SMILES string of the molecule is Cc1cc(-c2ccccc2)nc(-c2ccccc2)n1.Cc1cnc2ccccc2c1.Cc1nc(-c2ccccc2)cc(-c2ccccc2)n1.Cc1nc(-c2ccccn2)cc(-c2ccccn2)n1.Cc1nc(N)nc(N)n1.Cc1nccc(-c2ccccc2)n1. The number of anilines is 2. The fourth-order valence-electron chi connectivity index (χ4n) is 8.91. The zero-order chi connectivity index (χ0) is 62.9. The van der Waals surface area contributed by atoms with Crippen LogP contribution in [0.4, 0.5) is 11.9 Å². The van der Waals surface area contributed by atoms with Gasteiger partial charge in [0.15, 0.2) is 5.82 Å². The van der Waals surface area contributed by atoms with Crippen molar-refractivity contribution in [3.8, 4) is 79.2 Å². The molecule has 442 valence electrons. The van der Waals surface area contributed by atoms with Crippen LogP contribution >= 0.6 is 0 Å². The lowest BCUT2D eigenvalue weighted by Gasteiger charge is -2.06. The maximum Gasteiger partial charge on any atom is 0.225 e. The molecule has 6 aromatic carbocycles. The molecule has 14 aromatic rings. The van der Waals surface area contributed by atoms with E-state index in [1.54, 1.807) is 25.5 Å². The van der Waals surface area contributed by atoms with Gasteiger partial charge in [0.2, 0.25) is 11.9 Å². The van der Waals surface area contributed by atoms with Crippen LogP contribution in [0.3, 0.4) is 0 Å². The predicted octanol–water partition coefficient (Wildman–Crippen LogP) is 15.5. The Morgan fingerprint density at radius 2 is 0.656 bits per heavy atom. The van der Waals surface area contributed by atoms with Crippen LogP contribution in [0.2, 0.25) is 0 Å². The second-order valence-corrected chi connectivity index (χ2v) is 20.1. The molecule has 4 N–H and O–H groups in total. The van der Waals surface area contributed by atoms with Crippen LogP contribution in [0, 0.1) is 41.5 Å². The molecule has 0 spiro atoms. The molecular formula is C74H66N16. The monoisotopic (exact) mass is 1180 g/mol. The first-order chi connectivity index (χ1) is 43.9. The Kier molecular flexibility index (Phi) is 22.2. The molecule has 0 aliphatic carbocycles. The standard InChI is InChI=1S/2C17H14N2.C15H12N4.C11H10N2.C10H9N.C4H7N5/c1-13-18-16(14-8-4-2-5-9-14)12-17(19-13)15-10-6-3-7-11-15;1-13-12-16(14-8-4-2-5-9-14)19-17(18-13)15-10-6-3-7-11-15;1-11-18-14(12-6-2-4-8-16-12)10-15(19-11)13-7-3-5-9-17-13;1-9-12-8-7-11(13-9)10-5-3-2-4-6-10;1-8-6-9-4-2-3-5-10(9)11-7-8;1-2-7-3(5)9-4(6)8-2/h2*2-12H,1H3;2-10H,1H3;2-8H,1H3;2-7H,1H3;1H3,(H4,5,6,7,8,9). The molecule has 0 bridgehead atoms. The van der Waals surface area contributed by atoms with Crippen molar-refractivity contribution in [1.29, 1.82) is 0 Å². The van der Waals surface area contributed by atoms with E-state index < -0.39 is 0 Å². The summed E-state index contributed by atoms with van der Waals surface area (Å²) in [5.41, 5.74) is 26.4. The second-order valence-electron chi connectivity index (χ2n) is 20.1. The molecule has 90 heavy (non-hydrogen) atoms. The van der Waals surface area contributed by atoms with Gasteiger partial charge in [-0.2, -0.15) is 15.0 Å². The first kappa shape index (κ1) is 62.5. The van der Waals surface area contributed by atoms with Gasteiger partial charge in [-0.05, 0) is 108 Å². The van der Waals surface area contributed by atoms with E-state index in [4.69, 9.17) is 11.5 Å². The van der Waals surface area contributed by atoms with Gasteiger partial charge in [-0.15, -0.1) is 0 Å². The van der Waals surface area contributed by atoms with Gasteiger partial charge in [0, 0.05) is 63.7 Å². The van der Waals surface area contributed by atoms with Gasteiger partial charge >= 0.3 is 0 Å². The second kappa shape index (κ2) is 31.9. The summed E-state index contributed by atoms with van der Waals surface area (Å²) < 4.78 is 0. The number of aryl methyl sites for hydroxylation is 6. The van der Waals surface area contributed by atoms with Crippen LogP contribution in [0.25, 0.3) is 90.1 Å². The van der Waals surface area contributed by atoms with Crippen molar-refractivity contribution in [2.75, 3.05) is 11.5 Å². The van der Waals surface area contributed by atoms with Crippen LogP contribution in [0.15, 0.2) is 267 Å². The number of hydrogen-bond donors (Lipinski definition) is 2. The van der Waals surface area contributed by atoms with Crippen molar-refractivity contribution in [3.05, 3.63) is 302 Å². The number of hydrogen-bond acceptors (Lipinski definition) is 16. The zero-order valence-corrected chi connectivity index (χ0v) is 50.8. The Morgan fingerprint density at radius 3 is 1.12 bits per heavy atom. The topological polar surface area (TPSA) is 232 Å². The largest absolute Gasteiger partial charge is 0.368 e. The number of para-hydroxylation sites is 1. The van der Waals surface area contributed by atoms with Gasteiger partial charge in [-0.3, -0.25) is 15.0 Å². The van der Waals surface area contributed by atoms with Gasteiger partial charge in [0.1, 0.15) is 23.3 Å². The molecule has 14 rings (SSSR count). The summed E-state index contributed by atoms with van der Waals surface area (Å²) >= 11 is 0. The van der Waals surface area contributed by atoms with E-state index in [1.165, 1.54) is 10.9 Å². The predicted molar refractivity (Wildman–Crippen MR) is 361 cm³/mol. The molecule has 0 saturated heterocycles. The van der Waals surface area contributed by atoms with E-state index in [-0.39, 0.29) is 11.9 Å². The Hall–Kier alpha value is -12.0. The number of fused-ring (bicyclic) bond motifs is 1. The number of nitrogens with two attached hydrogens (primary N) is 2. The number of aromatic nitrogens is 14. The summed E-state index contributed by atoms with van der Waals surface area (Å²) in [5.74, 6) is 3.96. The van der Waals surface area contributed by atoms with Crippen molar-refractivity contribution in [2.45, 2.75) is 41.5 Å². The van der Waals surface area contributed by atoms with E-state index in [0.717, 1.165) is 102 Å². The molecular weight excluding hydrogens is 1110 g/mol. The lowest BCUT2D eigenvalue weighted by Crippen LogP contribution is -2.03. The fourth-order valence-corrected chi connectivity index (χ4v) is 8.91. The number of rotatable bonds is 7. The average molecular weight is 1180 g/mol. The summed E-state index contributed by atoms with van der Waals surface area (Å²) in [6.07, 6.45) is 7.19. The quantitative estimate of drug-likeness (QED) is 0.151. The highest BCUT2D eigenvalue weighted by Crippen LogP contribution is 2.26. The Balaban J connectivity index is 0.000000131. The van der Waals surface area contributed by atoms with Gasteiger partial charge in [-0.1, -0.05) is 182 Å². The van der Waals surface area contributed by atoms with Crippen LogP contribution in [-0.2, 0) is 0 Å². The van der Waals surface area contributed by atoms with Crippen LogP contribution < -0.4 is 11.5 Å². The molecule has 0 radical (unpaired) electrons. The minimum atomic E-state index is 0.167. The summed E-state index contributed by atoms with van der Waals surface area (Å²) in [7, 11) is 0. The maximum atomic E-state index is 5.22. The molecule has 0 unspecified atom stereocenters. The maximum absolute atomic E-state index is 5.22. The van der Waals surface area contributed by atoms with Crippen molar-refractivity contribution in [1.82, 2.24) is 69.8 Å². The summed E-state index contributed by atoms with van der Waals surface area (Å²) in [6.45, 7) is 11.5. The van der Waals surface area contributed by atoms with Crippen molar-refractivity contribution < 1.29 is 0 Å². The minimum absolute atomic E-state index is 0.167. The average Bonchev–Trinajstić information content (AvgIpc) is 1.92. The van der Waals surface area contributed by atoms with Crippen molar-refractivity contribution in [3.63, 3.8) is 0 Å². The zero-order valence-electron chi connectivity index (χ0n) is 50.8. The highest BCUT2D eigenvalue weighted by molar-refractivity contribution is 5.78. The molecule has 0 saturated carbocycles. The molecule has 0 atom stereocenters. The first-order valence-electron chi connectivity index (χ1n) is 28.9. The third-order valence-corrected chi connectivity index (χ3v) is 13.0. The van der Waals surface area contributed by atoms with E-state index in [2.05, 4.69) is 125 Å². The van der Waals surface area contributed by atoms with E-state index in [1.807, 2.05) is 228 Å². The van der Waals surface area contributed by atoms with Gasteiger partial charge in [0.25, 0.3) is 0 Å². The molecule has 0 fully saturated rings. The van der Waals surface area contributed by atoms with Gasteiger partial charge in [-0.25, -0.2) is 39.9 Å². The number of nitrogens with zero attached hydrogens (tertiary/aromatic N) is 14. The molecule has 16 heteroatoms. The van der Waals surface area contributed by atoms with E-state index in [9.17, 15) is 0 Å².